The zero-order valence-corrected chi connectivity index (χ0v) is 11.9. The number of rotatable bonds is 3. The Hall–Kier alpha value is -2.29. The molecule has 0 saturated carbocycles. The maximum atomic E-state index is 5.95. The highest BCUT2D eigenvalue weighted by Crippen LogP contribution is 2.28. The third-order valence-electron chi connectivity index (χ3n) is 3.48. The van der Waals surface area contributed by atoms with Crippen molar-refractivity contribution in [2.45, 2.75) is 20.4 Å². The van der Waals surface area contributed by atoms with Crippen LogP contribution < -0.4 is 5.73 Å². The van der Waals surface area contributed by atoms with Crippen molar-refractivity contribution in [3.8, 4) is 11.1 Å². The van der Waals surface area contributed by atoms with Crippen LogP contribution in [0.15, 0.2) is 48.8 Å². The molecule has 0 bridgehead atoms. The van der Waals surface area contributed by atoms with Crippen molar-refractivity contribution < 1.29 is 0 Å². The van der Waals surface area contributed by atoms with Gasteiger partial charge in [-0.05, 0) is 41.8 Å². The highest BCUT2D eigenvalue weighted by atomic mass is 15.0. The zero-order chi connectivity index (χ0) is 14.1. The largest absolute Gasteiger partial charge is 0.383 e. The summed E-state index contributed by atoms with van der Waals surface area (Å²) in [5, 5.41) is 1.24. The van der Waals surface area contributed by atoms with Crippen LogP contribution in [-0.2, 0) is 6.54 Å². The molecule has 0 saturated heterocycles. The van der Waals surface area contributed by atoms with Crippen LogP contribution in [0.3, 0.4) is 0 Å². The summed E-state index contributed by atoms with van der Waals surface area (Å²) >= 11 is 0. The van der Waals surface area contributed by atoms with E-state index in [9.17, 15) is 0 Å². The van der Waals surface area contributed by atoms with Gasteiger partial charge in [-0.15, -0.1) is 0 Å². The van der Waals surface area contributed by atoms with Gasteiger partial charge < -0.3 is 10.3 Å². The van der Waals surface area contributed by atoms with Gasteiger partial charge in [-0.2, -0.15) is 0 Å². The number of aromatic nitrogens is 2. The van der Waals surface area contributed by atoms with Gasteiger partial charge in [0.25, 0.3) is 0 Å². The summed E-state index contributed by atoms with van der Waals surface area (Å²) in [7, 11) is 0. The molecule has 0 spiro atoms. The van der Waals surface area contributed by atoms with Gasteiger partial charge in [-0.1, -0.05) is 19.9 Å². The number of nitrogens with zero attached hydrogens (tertiary/aromatic N) is 2. The standard InChI is InChI=1S/C17H19N3/c1-12(2)11-20-9-7-14-10-13(5-6-16(14)20)15-4-3-8-19-17(15)18/h3-10,12H,11H2,1-2H3,(H2,18,19). The van der Waals surface area contributed by atoms with E-state index >= 15 is 0 Å². The second kappa shape index (κ2) is 5.00. The lowest BCUT2D eigenvalue weighted by Gasteiger charge is -2.09. The van der Waals surface area contributed by atoms with Crippen molar-refractivity contribution in [3.05, 3.63) is 48.8 Å². The molecular weight excluding hydrogens is 246 g/mol. The Morgan fingerprint density at radius 3 is 2.80 bits per heavy atom. The van der Waals surface area contributed by atoms with Crippen LogP contribution in [0.5, 0.6) is 0 Å². The second-order valence-electron chi connectivity index (χ2n) is 5.57. The number of benzene rings is 1. The Balaban J connectivity index is 2.06. The number of nitrogen functional groups attached to an aromatic ring is 1. The molecule has 3 aromatic rings. The molecular formula is C17H19N3. The molecule has 3 heteroatoms. The fourth-order valence-electron chi connectivity index (χ4n) is 2.58. The first-order valence-corrected chi connectivity index (χ1v) is 6.95. The predicted molar refractivity (Wildman–Crippen MR) is 84.4 cm³/mol. The van der Waals surface area contributed by atoms with Crippen LogP contribution in [0.25, 0.3) is 22.0 Å². The summed E-state index contributed by atoms with van der Waals surface area (Å²) < 4.78 is 2.30. The van der Waals surface area contributed by atoms with Crippen LogP contribution in [0.1, 0.15) is 13.8 Å². The number of hydrogen-bond acceptors (Lipinski definition) is 2. The van der Waals surface area contributed by atoms with Gasteiger partial charge in [-0.3, -0.25) is 0 Å². The average molecular weight is 265 g/mol. The lowest BCUT2D eigenvalue weighted by Crippen LogP contribution is -2.02. The maximum absolute atomic E-state index is 5.95. The van der Waals surface area contributed by atoms with Crippen LogP contribution >= 0.6 is 0 Å². The van der Waals surface area contributed by atoms with E-state index in [4.69, 9.17) is 5.73 Å². The molecule has 0 aliphatic rings. The SMILES string of the molecule is CC(C)Cn1ccc2cc(-c3cccnc3N)ccc21. The van der Waals surface area contributed by atoms with E-state index in [1.807, 2.05) is 12.1 Å². The molecule has 2 heterocycles. The minimum Gasteiger partial charge on any atom is -0.383 e. The average Bonchev–Trinajstić information content (AvgIpc) is 2.81. The third kappa shape index (κ3) is 2.27. The first kappa shape index (κ1) is 12.7. The quantitative estimate of drug-likeness (QED) is 0.779. The van der Waals surface area contributed by atoms with Crippen LogP contribution in [0.2, 0.25) is 0 Å². The zero-order valence-electron chi connectivity index (χ0n) is 11.9. The van der Waals surface area contributed by atoms with Crippen molar-refractivity contribution in [1.82, 2.24) is 9.55 Å². The molecule has 102 valence electrons. The molecule has 20 heavy (non-hydrogen) atoms. The Morgan fingerprint density at radius 1 is 1.20 bits per heavy atom. The molecule has 0 amide bonds. The first-order chi connectivity index (χ1) is 9.65. The molecule has 0 aliphatic carbocycles. The van der Waals surface area contributed by atoms with E-state index < -0.39 is 0 Å². The Bertz CT molecular complexity index is 741. The number of pyridine rings is 1. The molecule has 0 atom stereocenters. The number of nitrogens with two attached hydrogens (primary N) is 1. The molecule has 3 rings (SSSR count). The topological polar surface area (TPSA) is 43.8 Å². The van der Waals surface area contributed by atoms with Crippen molar-refractivity contribution >= 4 is 16.7 Å². The van der Waals surface area contributed by atoms with E-state index in [0.717, 1.165) is 17.7 Å². The number of hydrogen-bond donors (Lipinski definition) is 1. The van der Waals surface area contributed by atoms with Crippen molar-refractivity contribution in [3.63, 3.8) is 0 Å². The summed E-state index contributed by atoms with van der Waals surface area (Å²) in [5.74, 6) is 1.22. The van der Waals surface area contributed by atoms with Crippen molar-refractivity contribution in [1.29, 1.82) is 0 Å². The van der Waals surface area contributed by atoms with Gasteiger partial charge in [0, 0.05) is 35.4 Å². The van der Waals surface area contributed by atoms with Crippen molar-refractivity contribution in [2.75, 3.05) is 5.73 Å². The van der Waals surface area contributed by atoms with Crippen LogP contribution in [0.4, 0.5) is 5.82 Å². The summed E-state index contributed by atoms with van der Waals surface area (Å²) in [6, 6.07) is 12.5. The van der Waals surface area contributed by atoms with Crippen LogP contribution in [-0.4, -0.2) is 9.55 Å². The van der Waals surface area contributed by atoms with Gasteiger partial charge in [0.15, 0.2) is 0 Å². The monoisotopic (exact) mass is 265 g/mol. The summed E-state index contributed by atoms with van der Waals surface area (Å²) in [4.78, 5) is 4.15. The van der Waals surface area contributed by atoms with E-state index in [0.29, 0.717) is 11.7 Å². The molecule has 0 fully saturated rings. The van der Waals surface area contributed by atoms with Gasteiger partial charge in [0.05, 0.1) is 0 Å². The maximum Gasteiger partial charge on any atom is 0.131 e. The smallest absolute Gasteiger partial charge is 0.131 e. The lowest BCUT2D eigenvalue weighted by atomic mass is 10.0. The Labute approximate surface area is 119 Å². The number of fused-ring (bicyclic) bond motifs is 1. The summed E-state index contributed by atoms with van der Waals surface area (Å²) in [6.45, 7) is 5.50. The summed E-state index contributed by atoms with van der Waals surface area (Å²) in [5.41, 5.74) is 9.33. The van der Waals surface area contributed by atoms with Gasteiger partial charge >= 0.3 is 0 Å². The second-order valence-corrected chi connectivity index (χ2v) is 5.57. The van der Waals surface area contributed by atoms with E-state index in [1.54, 1.807) is 6.20 Å². The first-order valence-electron chi connectivity index (χ1n) is 6.95. The van der Waals surface area contributed by atoms with Gasteiger partial charge in [0.1, 0.15) is 5.82 Å². The highest BCUT2D eigenvalue weighted by molar-refractivity contribution is 5.87. The van der Waals surface area contributed by atoms with E-state index in [2.05, 4.69) is 53.9 Å². The molecule has 0 unspecified atom stereocenters. The Kier molecular flexibility index (Phi) is 3.18. The molecule has 2 N–H and O–H groups in total. The molecule has 0 aliphatic heterocycles. The van der Waals surface area contributed by atoms with Crippen molar-refractivity contribution in [2.24, 2.45) is 5.92 Å². The molecule has 1 aromatic carbocycles. The third-order valence-corrected chi connectivity index (χ3v) is 3.48. The fourth-order valence-corrected chi connectivity index (χ4v) is 2.58. The van der Waals surface area contributed by atoms with Gasteiger partial charge in [0.2, 0.25) is 0 Å². The minimum atomic E-state index is 0.577. The molecule has 0 radical (unpaired) electrons. The normalized spacial score (nSPS) is 11.3. The predicted octanol–water partition coefficient (Wildman–Crippen LogP) is 3.94. The Morgan fingerprint density at radius 2 is 2.05 bits per heavy atom. The van der Waals surface area contributed by atoms with E-state index in [1.165, 1.54) is 10.9 Å². The molecule has 2 aromatic heterocycles. The van der Waals surface area contributed by atoms with Crippen LogP contribution in [0, 0.1) is 5.92 Å². The summed E-state index contributed by atoms with van der Waals surface area (Å²) in [6.07, 6.45) is 3.87. The fraction of sp³-hybridized carbons (Fsp3) is 0.235. The highest BCUT2D eigenvalue weighted by Gasteiger charge is 2.07. The molecule has 3 nitrogen and oxygen atoms in total. The van der Waals surface area contributed by atoms with Gasteiger partial charge in [-0.25, -0.2) is 4.98 Å². The van der Waals surface area contributed by atoms with E-state index in [-0.39, 0.29) is 0 Å². The minimum absolute atomic E-state index is 0.577. The number of anilines is 1. The lowest BCUT2D eigenvalue weighted by molar-refractivity contribution is 0.535.